The van der Waals surface area contributed by atoms with E-state index in [0.29, 0.717) is 11.5 Å². The molecule has 3 aromatic rings. The molecule has 0 spiro atoms. The Balaban J connectivity index is 1.40. The minimum atomic E-state index is -1.50. The fourth-order valence-corrected chi connectivity index (χ4v) is 7.09. The van der Waals surface area contributed by atoms with Crippen LogP contribution in [0.3, 0.4) is 0 Å². The zero-order valence-corrected chi connectivity index (χ0v) is 23.9. The van der Waals surface area contributed by atoms with Crippen molar-refractivity contribution < 1.29 is 19.5 Å². The third kappa shape index (κ3) is 5.61. The van der Waals surface area contributed by atoms with Gasteiger partial charge in [-0.3, -0.25) is 24.6 Å². The van der Waals surface area contributed by atoms with Gasteiger partial charge in [0, 0.05) is 23.2 Å². The number of thioether (sulfide) groups is 2. The molecule has 4 atom stereocenters. The van der Waals surface area contributed by atoms with Crippen molar-refractivity contribution in [3.05, 3.63) is 102 Å². The van der Waals surface area contributed by atoms with E-state index < -0.39 is 29.4 Å². The lowest BCUT2D eigenvalue weighted by Gasteiger charge is -2.31. The number of nitrogens with zero attached hydrogens (tertiary/aromatic N) is 1. The Labute approximate surface area is 243 Å². The molecule has 8 heteroatoms. The summed E-state index contributed by atoms with van der Waals surface area (Å²) in [5.41, 5.74) is 1.38. The number of carboxylic acid groups (broad SMARTS) is 1. The van der Waals surface area contributed by atoms with Gasteiger partial charge in [-0.25, -0.2) is 0 Å². The van der Waals surface area contributed by atoms with Crippen LogP contribution in [0.5, 0.6) is 0 Å². The smallest absolute Gasteiger partial charge is 0.324 e. The zero-order valence-electron chi connectivity index (χ0n) is 22.2. The molecule has 5 rings (SSSR count). The molecule has 2 N–H and O–H groups in total. The first-order valence-electron chi connectivity index (χ1n) is 13.3. The number of carbonyl (C=O) groups excluding carboxylic acids is 2. The molecule has 2 aliphatic rings. The maximum Gasteiger partial charge on any atom is 0.324 e. The van der Waals surface area contributed by atoms with Crippen LogP contribution in [0.1, 0.15) is 29.2 Å². The average Bonchev–Trinajstić information content (AvgIpc) is 3.46. The Bertz CT molecular complexity index is 1380. The summed E-state index contributed by atoms with van der Waals surface area (Å²) in [5, 5.41) is 13.8. The van der Waals surface area contributed by atoms with E-state index >= 15 is 0 Å². The SMILES string of the molecule is CSCCC1(C(=O)O)NC(c2ccc(C=Cc3ccccc3)cc2)C2C(=O)N(CCSc3ccccc3)C(=O)C21. The van der Waals surface area contributed by atoms with Crippen molar-refractivity contribution in [2.45, 2.75) is 22.9 Å². The lowest BCUT2D eigenvalue weighted by molar-refractivity contribution is -0.151. The summed E-state index contributed by atoms with van der Waals surface area (Å²) < 4.78 is 0. The Morgan fingerprint density at radius 3 is 2.15 bits per heavy atom. The van der Waals surface area contributed by atoms with Crippen LogP contribution < -0.4 is 5.32 Å². The van der Waals surface area contributed by atoms with Gasteiger partial charge >= 0.3 is 5.97 Å². The van der Waals surface area contributed by atoms with Crippen LogP contribution in [0.2, 0.25) is 0 Å². The van der Waals surface area contributed by atoms with E-state index in [1.165, 1.54) is 16.7 Å². The standard InChI is InChI=1S/C32H32N2O4S2/c1-39-20-18-32(31(37)38)27-26(29(35)34(30(27)36)19-21-40-25-10-6-3-7-11-25)28(33-32)24-16-14-23(15-17-24)13-12-22-8-4-2-5-9-22/h2-17,26-28,33H,18-21H2,1H3,(H,37,38). The Morgan fingerprint density at radius 2 is 1.52 bits per heavy atom. The van der Waals surface area contributed by atoms with Crippen LogP contribution in [0, 0.1) is 11.8 Å². The van der Waals surface area contributed by atoms with Crippen LogP contribution in [0.15, 0.2) is 89.8 Å². The number of hydrogen-bond acceptors (Lipinski definition) is 6. The Hall–Kier alpha value is -3.33. The predicted molar refractivity (Wildman–Crippen MR) is 162 cm³/mol. The molecule has 40 heavy (non-hydrogen) atoms. The second-order valence-corrected chi connectivity index (χ2v) is 12.2. The number of aliphatic carboxylic acids is 1. The van der Waals surface area contributed by atoms with Crippen molar-refractivity contribution in [3.63, 3.8) is 0 Å². The molecule has 0 bridgehead atoms. The number of carboxylic acids is 1. The summed E-state index contributed by atoms with van der Waals surface area (Å²) in [7, 11) is 0. The lowest BCUT2D eigenvalue weighted by Crippen LogP contribution is -2.56. The van der Waals surface area contributed by atoms with Gasteiger partial charge in [-0.2, -0.15) is 11.8 Å². The van der Waals surface area contributed by atoms with Gasteiger partial charge in [0.05, 0.1) is 11.8 Å². The molecular formula is C32H32N2O4S2. The highest BCUT2D eigenvalue weighted by molar-refractivity contribution is 7.99. The molecule has 3 aromatic carbocycles. The maximum atomic E-state index is 13.8. The summed E-state index contributed by atoms with van der Waals surface area (Å²) >= 11 is 3.10. The van der Waals surface area contributed by atoms with Crippen LogP contribution in [0.4, 0.5) is 0 Å². The first-order valence-corrected chi connectivity index (χ1v) is 15.7. The third-order valence-electron chi connectivity index (χ3n) is 7.72. The molecule has 0 aliphatic carbocycles. The summed E-state index contributed by atoms with van der Waals surface area (Å²) in [6.07, 6.45) is 6.21. The molecule has 0 radical (unpaired) electrons. The van der Waals surface area contributed by atoms with Crippen molar-refractivity contribution in [1.82, 2.24) is 10.2 Å². The fourth-order valence-electron chi connectivity index (χ4n) is 5.71. The fraction of sp³-hybridized carbons (Fsp3) is 0.281. The minimum Gasteiger partial charge on any atom is -0.480 e. The van der Waals surface area contributed by atoms with Gasteiger partial charge in [-0.05, 0) is 47.3 Å². The lowest BCUT2D eigenvalue weighted by atomic mass is 9.78. The quantitative estimate of drug-likeness (QED) is 0.179. The van der Waals surface area contributed by atoms with Crippen molar-refractivity contribution >= 4 is 53.5 Å². The maximum absolute atomic E-state index is 13.8. The average molecular weight is 573 g/mol. The normalized spacial score (nSPS) is 24.1. The van der Waals surface area contributed by atoms with Crippen LogP contribution in [-0.4, -0.2) is 57.6 Å². The molecule has 6 nitrogen and oxygen atoms in total. The van der Waals surface area contributed by atoms with Gasteiger partial charge < -0.3 is 5.11 Å². The van der Waals surface area contributed by atoms with Crippen molar-refractivity contribution in [2.24, 2.45) is 11.8 Å². The molecule has 2 amide bonds. The van der Waals surface area contributed by atoms with Gasteiger partial charge in [0.2, 0.25) is 11.8 Å². The number of nitrogens with one attached hydrogen (secondary N) is 1. The third-order valence-corrected chi connectivity index (χ3v) is 9.32. The Morgan fingerprint density at radius 1 is 0.900 bits per heavy atom. The highest BCUT2D eigenvalue weighted by Crippen LogP contribution is 2.50. The number of hydrogen-bond donors (Lipinski definition) is 2. The highest BCUT2D eigenvalue weighted by atomic mass is 32.2. The van der Waals surface area contributed by atoms with E-state index in [4.69, 9.17) is 0 Å². The summed E-state index contributed by atoms with van der Waals surface area (Å²) in [6, 6.07) is 27.0. The van der Waals surface area contributed by atoms with Crippen molar-refractivity contribution in [2.75, 3.05) is 24.3 Å². The molecule has 2 fully saturated rings. The highest BCUT2D eigenvalue weighted by Gasteiger charge is 2.68. The Kier molecular flexibility index (Phi) is 8.78. The monoisotopic (exact) mass is 572 g/mol. The summed E-state index contributed by atoms with van der Waals surface area (Å²) in [6.45, 7) is 0.248. The molecule has 4 unspecified atom stereocenters. The van der Waals surface area contributed by atoms with Crippen molar-refractivity contribution in [3.8, 4) is 0 Å². The summed E-state index contributed by atoms with van der Waals surface area (Å²) in [5.74, 6) is -2.36. The van der Waals surface area contributed by atoms with Gasteiger partial charge in [0.15, 0.2) is 0 Å². The van der Waals surface area contributed by atoms with E-state index in [9.17, 15) is 19.5 Å². The predicted octanol–water partition coefficient (Wildman–Crippen LogP) is 5.47. The van der Waals surface area contributed by atoms with Gasteiger partial charge in [-0.15, -0.1) is 11.8 Å². The van der Waals surface area contributed by atoms with E-state index in [0.717, 1.165) is 21.6 Å². The van der Waals surface area contributed by atoms with E-state index in [1.54, 1.807) is 11.8 Å². The molecule has 206 valence electrons. The molecule has 0 saturated carbocycles. The zero-order chi connectivity index (χ0) is 28.1. The minimum absolute atomic E-state index is 0.248. The largest absolute Gasteiger partial charge is 0.480 e. The second-order valence-electron chi connectivity index (χ2n) is 10.0. The van der Waals surface area contributed by atoms with Gasteiger partial charge in [0.1, 0.15) is 5.54 Å². The van der Waals surface area contributed by atoms with E-state index in [-0.39, 0.29) is 24.8 Å². The number of benzene rings is 3. The second kappa shape index (κ2) is 12.5. The van der Waals surface area contributed by atoms with E-state index in [1.807, 2.05) is 103 Å². The molecule has 0 aromatic heterocycles. The molecular weight excluding hydrogens is 540 g/mol. The molecule has 2 heterocycles. The number of rotatable bonds is 11. The van der Waals surface area contributed by atoms with Crippen LogP contribution >= 0.6 is 23.5 Å². The number of amides is 2. The van der Waals surface area contributed by atoms with Crippen LogP contribution in [0.25, 0.3) is 12.2 Å². The first-order chi connectivity index (χ1) is 19.4. The number of carbonyl (C=O) groups is 3. The number of fused-ring (bicyclic) bond motifs is 1. The summed E-state index contributed by atoms with van der Waals surface area (Å²) in [4.78, 5) is 42.7. The van der Waals surface area contributed by atoms with Gasteiger partial charge in [-0.1, -0.05) is 84.9 Å². The van der Waals surface area contributed by atoms with Crippen molar-refractivity contribution in [1.29, 1.82) is 0 Å². The number of imide groups is 1. The van der Waals surface area contributed by atoms with Crippen LogP contribution in [-0.2, 0) is 14.4 Å². The molecule has 2 saturated heterocycles. The first kappa shape index (κ1) is 28.2. The van der Waals surface area contributed by atoms with Gasteiger partial charge in [0.25, 0.3) is 0 Å². The number of likely N-dealkylation sites (tertiary alicyclic amines) is 1. The molecule has 2 aliphatic heterocycles. The topological polar surface area (TPSA) is 86.7 Å². The van der Waals surface area contributed by atoms with E-state index in [2.05, 4.69) is 5.32 Å².